The summed E-state index contributed by atoms with van der Waals surface area (Å²) in [5, 5.41) is 0. The van der Waals surface area contributed by atoms with Crippen LogP contribution in [0.4, 0.5) is 0 Å². The molecule has 0 aromatic carbocycles. The van der Waals surface area contributed by atoms with Gasteiger partial charge in [-0.1, -0.05) is 11.8 Å². The molecule has 2 saturated heterocycles. The molecule has 4 unspecified atom stereocenters. The molecule has 2 aliphatic heterocycles. The quantitative estimate of drug-likeness (QED) is 0.541. The fraction of sp³-hybridized carbons (Fsp3) is 0.714. The van der Waals surface area contributed by atoms with Gasteiger partial charge in [0.05, 0.1) is 13.2 Å². The second-order valence-electron chi connectivity index (χ2n) is 4.84. The maximum Gasteiger partial charge on any atom is 0.155 e. The first-order valence-corrected chi connectivity index (χ1v) is 5.92. The van der Waals surface area contributed by atoms with Gasteiger partial charge >= 0.3 is 0 Å². The van der Waals surface area contributed by atoms with Crippen LogP contribution in [-0.2, 0) is 18.9 Å². The molecule has 0 bridgehead atoms. The Kier molecular flexibility index (Phi) is 3.66. The molecule has 2 heterocycles. The zero-order valence-electron chi connectivity index (χ0n) is 11.2. The number of ether oxygens (including phenoxy) is 4. The average Bonchev–Trinajstić information content (AvgIpc) is 3.15. The van der Waals surface area contributed by atoms with Crippen LogP contribution in [0.15, 0.2) is 0 Å². The van der Waals surface area contributed by atoms with E-state index < -0.39 is 11.2 Å². The summed E-state index contributed by atoms with van der Waals surface area (Å²) in [6.07, 6.45) is 0.122. The summed E-state index contributed by atoms with van der Waals surface area (Å²) in [6.45, 7) is 5.01. The minimum atomic E-state index is -0.401. The van der Waals surface area contributed by atoms with Gasteiger partial charge < -0.3 is 18.9 Å². The third-order valence-electron chi connectivity index (χ3n) is 3.21. The molecule has 4 nitrogen and oxygen atoms in total. The van der Waals surface area contributed by atoms with E-state index in [9.17, 15) is 0 Å². The molecule has 0 saturated carbocycles. The monoisotopic (exact) mass is 250 g/mol. The average molecular weight is 250 g/mol. The lowest BCUT2D eigenvalue weighted by Crippen LogP contribution is -2.11. The van der Waals surface area contributed by atoms with E-state index in [0.717, 1.165) is 0 Å². The lowest BCUT2D eigenvalue weighted by atomic mass is 10.1. The number of methoxy groups -OCH3 is 2. The smallest absolute Gasteiger partial charge is 0.155 e. The summed E-state index contributed by atoms with van der Waals surface area (Å²) >= 11 is 0. The van der Waals surface area contributed by atoms with Crippen LogP contribution >= 0.6 is 0 Å². The Hall–Kier alpha value is -1.04. The molecule has 0 spiro atoms. The van der Waals surface area contributed by atoms with Crippen molar-refractivity contribution in [1.29, 1.82) is 0 Å². The number of rotatable bonds is 4. The van der Waals surface area contributed by atoms with Crippen LogP contribution in [0.3, 0.4) is 0 Å². The van der Waals surface area contributed by atoms with Gasteiger partial charge in [0.2, 0.25) is 0 Å². The van der Waals surface area contributed by atoms with Crippen molar-refractivity contribution in [1.82, 2.24) is 0 Å². The highest BCUT2D eigenvalue weighted by Crippen LogP contribution is 2.36. The van der Waals surface area contributed by atoms with Crippen LogP contribution < -0.4 is 0 Å². The van der Waals surface area contributed by atoms with Crippen LogP contribution in [0.5, 0.6) is 0 Å². The summed E-state index contributed by atoms with van der Waals surface area (Å²) < 4.78 is 20.9. The minimum Gasteiger partial charge on any atom is -0.382 e. The van der Waals surface area contributed by atoms with Gasteiger partial charge in [0.15, 0.2) is 11.2 Å². The molecule has 0 radical (unpaired) electrons. The first-order valence-electron chi connectivity index (χ1n) is 5.92. The van der Waals surface area contributed by atoms with Gasteiger partial charge in [-0.15, -0.1) is 0 Å². The van der Waals surface area contributed by atoms with Crippen LogP contribution in [0, 0.1) is 23.7 Å². The summed E-state index contributed by atoms with van der Waals surface area (Å²) in [5.74, 6) is 11.7. The van der Waals surface area contributed by atoms with E-state index in [1.54, 1.807) is 14.2 Å². The first kappa shape index (κ1) is 13.4. The fourth-order valence-corrected chi connectivity index (χ4v) is 1.74. The van der Waals surface area contributed by atoms with Gasteiger partial charge in [0, 0.05) is 14.2 Å². The normalized spacial score (nSPS) is 40.2. The highest BCUT2D eigenvalue weighted by atomic mass is 16.6. The molecule has 98 valence electrons. The van der Waals surface area contributed by atoms with E-state index in [1.165, 1.54) is 0 Å². The highest BCUT2D eigenvalue weighted by Gasteiger charge is 2.52. The molecular weight excluding hydrogens is 232 g/mol. The second kappa shape index (κ2) is 4.91. The van der Waals surface area contributed by atoms with Crippen molar-refractivity contribution in [3.63, 3.8) is 0 Å². The van der Waals surface area contributed by atoms with Crippen molar-refractivity contribution >= 4 is 0 Å². The Morgan fingerprint density at radius 3 is 1.61 bits per heavy atom. The number of hydrogen-bond acceptors (Lipinski definition) is 4. The molecule has 2 rings (SSSR count). The number of hydrogen-bond donors (Lipinski definition) is 0. The van der Waals surface area contributed by atoms with Crippen molar-refractivity contribution in [2.24, 2.45) is 0 Å². The van der Waals surface area contributed by atoms with E-state index in [4.69, 9.17) is 18.9 Å². The SMILES string of the molecule is COCC1OC1(C)C#CC#CC1(C)OC1COC. The van der Waals surface area contributed by atoms with E-state index >= 15 is 0 Å². The van der Waals surface area contributed by atoms with Crippen molar-refractivity contribution in [2.45, 2.75) is 37.3 Å². The predicted octanol–water partition coefficient (Wildman–Crippen LogP) is 0.601. The largest absolute Gasteiger partial charge is 0.382 e. The maximum atomic E-state index is 5.43. The summed E-state index contributed by atoms with van der Waals surface area (Å²) in [6, 6.07) is 0. The predicted molar refractivity (Wildman–Crippen MR) is 65.9 cm³/mol. The molecule has 2 fully saturated rings. The zero-order chi connectivity index (χ0) is 13.2. The topological polar surface area (TPSA) is 43.5 Å². The summed E-state index contributed by atoms with van der Waals surface area (Å²) in [5.41, 5.74) is -0.802. The summed E-state index contributed by atoms with van der Waals surface area (Å²) in [4.78, 5) is 0. The van der Waals surface area contributed by atoms with Crippen molar-refractivity contribution in [3.05, 3.63) is 0 Å². The van der Waals surface area contributed by atoms with Gasteiger partial charge in [-0.2, -0.15) is 0 Å². The third kappa shape index (κ3) is 2.85. The third-order valence-corrected chi connectivity index (χ3v) is 3.21. The van der Waals surface area contributed by atoms with Crippen molar-refractivity contribution in [2.75, 3.05) is 27.4 Å². The number of epoxide rings is 2. The van der Waals surface area contributed by atoms with Crippen LogP contribution in [-0.4, -0.2) is 50.8 Å². The van der Waals surface area contributed by atoms with Crippen LogP contribution in [0.25, 0.3) is 0 Å². The molecule has 2 aliphatic rings. The van der Waals surface area contributed by atoms with Gasteiger partial charge in [0.1, 0.15) is 12.2 Å². The van der Waals surface area contributed by atoms with E-state index in [1.807, 2.05) is 13.8 Å². The molecule has 4 atom stereocenters. The summed E-state index contributed by atoms with van der Waals surface area (Å²) in [7, 11) is 3.30. The minimum absolute atomic E-state index is 0.0609. The highest BCUT2D eigenvalue weighted by molar-refractivity contribution is 5.37. The second-order valence-corrected chi connectivity index (χ2v) is 4.84. The van der Waals surface area contributed by atoms with Crippen LogP contribution in [0.2, 0.25) is 0 Å². The van der Waals surface area contributed by atoms with Crippen molar-refractivity contribution < 1.29 is 18.9 Å². The van der Waals surface area contributed by atoms with E-state index in [-0.39, 0.29) is 12.2 Å². The van der Waals surface area contributed by atoms with Gasteiger partial charge in [-0.05, 0) is 25.7 Å². The maximum absolute atomic E-state index is 5.43. The molecule has 18 heavy (non-hydrogen) atoms. The Morgan fingerprint density at radius 1 is 0.889 bits per heavy atom. The Labute approximate surface area is 108 Å². The molecule has 0 aromatic rings. The van der Waals surface area contributed by atoms with Gasteiger partial charge in [-0.25, -0.2) is 0 Å². The first-order chi connectivity index (χ1) is 8.54. The molecule has 0 N–H and O–H groups in total. The van der Waals surface area contributed by atoms with Crippen molar-refractivity contribution in [3.8, 4) is 23.7 Å². The Morgan fingerprint density at radius 2 is 1.28 bits per heavy atom. The lowest BCUT2D eigenvalue weighted by Gasteiger charge is -1.94. The molecule has 0 amide bonds. The lowest BCUT2D eigenvalue weighted by molar-refractivity contribution is 0.171. The Balaban J connectivity index is 1.84. The molecule has 0 aliphatic carbocycles. The fourth-order valence-electron chi connectivity index (χ4n) is 1.74. The van der Waals surface area contributed by atoms with Crippen LogP contribution in [0.1, 0.15) is 13.8 Å². The standard InChI is InChI=1S/C14H18O4/c1-13(11(17-13)9-15-3)7-5-6-8-14(2)12(18-14)10-16-4/h11-12H,9-10H2,1-4H3. The van der Waals surface area contributed by atoms with Gasteiger partial charge in [0.25, 0.3) is 0 Å². The molecule has 4 heteroatoms. The molecular formula is C14H18O4. The zero-order valence-corrected chi connectivity index (χ0v) is 11.2. The Bertz CT molecular complexity index is 396. The van der Waals surface area contributed by atoms with Gasteiger partial charge in [-0.3, -0.25) is 0 Å². The molecule has 0 aromatic heterocycles. The van der Waals surface area contributed by atoms with E-state index in [0.29, 0.717) is 13.2 Å². The van der Waals surface area contributed by atoms with E-state index in [2.05, 4.69) is 23.7 Å².